The summed E-state index contributed by atoms with van der Waals surface area (Å²) in [6.07, 6.45) is -0.374. The third-order valence-corrected chi connectivity index (χ3v) is 6.03. The summed E-state index contributed by atoms with van der Waals surface area (Å²) in [4.78, 5) is 10.9. The van der Waals surface area contributed by atoms with Crippen molar-refractivity contribution in [2.45, 2.75) is 31.4 Å². The summed E-state index contributed by atoms with van der Waals surface area (Å²) in [7, 11) is 0. The average Bonchev–Trinajstić information content (AvgIpc) is 2.83. The van der Waals surface area contributed by atoms with Gasteiger partial charge in [0.1, 0.15) is 18.0 Å². The van der Waals surface area contributed by atoms with Gasteiger partial charge in [0, 0.05) is 6.54 Å². The molecule has 34 heavy (non-hydrogen) atoms. The maximum Gasteiger partial charge on any atom is 0.307 e. The largest absolute Gasteiger partial charge is 0.483 e. The maximum atomic E-state index is 14.1. The maximum absolute atomic E-state index is 14.1. The Bertz CT molecular complexity index is 1210. The highest BCUT2D eigenvalue weighted by Gasteiger charge is 2.30. The first kappa shape index (κ1) is 23.3. The Kier molecular flexibility index (Phi) is 7.09. The molecule has 3 N–H and O–H groups in total. The minimum Gasteiger partial charge on any atom is -0.483 e. The molecule has 7 heteroatoms. The zero-order valence-electron chi connectivity index (χ0n) is 18.8. The van der Waals surface area contributed by atoms with Gasteiger partial charge in [0.2, 0.25) is 0 Å². The van der Waals surface area contributed by atoms with E-state index in [9.17, 15) is 14.4 Å². The van der Waals surface area contributed by atoms with Crippen molar-refractivity contribution in [1.29, 1.82) is 5.26 Å². The van der Waals surface area contributed by atoms with Gasteiger partial charge in [-0.1, -0.05) is 49.4 Å². The number of rotatable bonds is 8. The summed E-state index contributed by atoms with van der Waals surface area (Å²) in [6.45, 7) is 3.16. The smallest absolute Gasteiger partial charge is 0.307 e. The molecule has 1 aliphatic heterocycles. The van der Waals surface area contributed by atoms with E-state index in [1.54, 1.807) is 18.2 Å². The molecule has 0 amide bonds. The van der Waals surface area contributed by atoms with Crippen molar-refractivity contribution in [3.8, 4) is 11.8 Å². The van der Waals surface area contributed by atoms with E-state index < -0.39 is 5.97 Å². The lowest BCUT2D eigenvalue weighted by molar-refractivity contribution is -0.136. The van der Waals surface area contributed by atoms with E-state index in [1.165, 1.54) is 12.1 Å². The fourth-order valence-corrected chi connectivity index (χ4v) is 4.20. The lowest BCUT2D eigenvalue weighted by Crippen LogP contribution is -2.43. The summed E-state index contributed by atoms with van der Waals surface area (Å²) in [5.41, 5.74) is 3.79. The Morgan fingerprint density at radius 2 is 1.97 bits per heavy atom. The van der Waals surface area contributed by atoms with Crippen molar-refractivity contribution in [2.75, 3.05) is 18.4 Å². The molecule has 1 aliphatic rings. The number of halogens is 1. The van der Waals surface area contributed by atoms with Gasteiger partial charge in [-0.2, -0.15) is 5.26 Å². The molecule has 4 rings (SSSR count). The molecule has 0 aliphatic carbocycles. The average molecular weight is 460 g/mol. The van der Waals surface area contributed by atoms with E-state index in [0.29, 0.717) is 24.4 Å². The predicted octanol–water partition coefficient (Wildman–Crippen LogP) is 4.63. The van der Waals surface area contributed by atoms with Crippen molar-refractivity contribution in [3.63, 3.8) is 0 Å². The SMILES string of the molecule is CC(CN[C@H](c1cccc(F)c1)[C@H]1CNc2cccc(C#N)c2O1)c1ccc(CC(=O)O)cc1. The number of carboxylic acids is 1. The third-order valence-electron chi connectivity index (χ3n) is 6.03. The molecule has 174 valence electrons. The molecule has 6 nitrogen and oxygen atoms in total. The van der Waals surface area contributed by atoms with Crippen molar-refractivity contribution >= 4 is 11.7 Å². The van der Waals surface area contributed by atoms with Crippen LogP contribution in [0.1, 0.15) is 41.1 Å². The zero-order valence-corrected chi connectivity index (χ0v) is 18.8. The second-order valence-corrected chi connectivity index (χ2v) is 8.49. The number of fused-ring (bicyclic) bond motifs is 1. The summed E-state index contributed by atoms with van der Waals surface area (Å²) >= 11 is 0. The van der Waals surface area contributed by atoms with Crippen molar-refractivity contribution in [2.24, 2.45) is 0 Å². The van der Waals surface area contributed by atoms with Crippen LogP contribution in [0.15, 0.2) is 66.7 Å². The number of nitrogens with zero attached hydrogens (tertiary/aromatic N) is 1. The van der Waals surface area contributed by atoms with E-state index in [-0.39, 0.29) is 30.3 Å². The van der Waals surface area contributed by atoms with Crippen LogP contribution in [0.4, 0.5) is 10.1 Å². The summed E-state index contributed by atoms with van der Waals surface area (Å²) < 4.78 is 20.4. The van der Waals surface area contributed by atoms with Crippen LogP contribution < -0.4 is 15.4 Å². The van der Waals surface area contributed by atoms with Gasteiger partial charge in [-0.15, -0.1) is 0 Å². The number of ether oxygens (including phenoxy) is 1. The van der Waals surface area contributed by atoms with Gasteiger partial charge in [-0.25, -0.2) is 4.39 Å². The zero-order chi connectivity index (χ0) is 24.1. The van der Waals surface area contributed by atoms with Crippen molar-refractivity contribution < 1.29 is 19.0 Å². The van der Waals surface area contributed by atoms with Crippen molar-refractivity contribution in [3.05, 3.63) is 94.8 Å². The molecule has 3 aromatic rings. The lowest BCUT2D eigenvalue weighted by Gasteiger charge is -2.35. The normalized spacial score (nSPS) is 16.3. The molecule has 1 unspecified atom stereocenters. The number of carboxylic acid groups (broad SMARTS) is 1. The molecule has 3 aromatic carbocycles. The number of benzene rings is 3. The Labute approximate surface area is 198 Å². The first-order valence-electron chi connectivity index (χ1n) is 11.2. The Morgan fingerprint density at radius 3 is 2.68 bits per heavy atom. The van der Waals surface area contributed by atoms with E-state index in [1.807, 2.05) is 36.4 Å². The highest BCUT2D eigenvalue weighted by atomic mass is 19.1. The Balaban J connectivity index is 1.53. The van der Waals surface area contributed by atoms with Crippen LogP contribution in [-0.4, -0.2) is 30.3 Å². The monoisotopic (exact) mass is 459 g/mol. The molecular formula is C27H26FN3O3. The summed E-state index contributed by atoms with van der Waals surface area (Å²) in [5, 5.41) is 25.3. The molecule has 3 atom stereocenters. The molecule has 0 aromatic heterocycles. The van der Waals surface area contributed by atoms with Crippen LogP contribution in [0.2, 0.25) is 0 Å². The fourth-order valence-electron chi connectivity index (χ4n) is 4.20. The number of anilines is 1. The Morgan fingerprint density at radius 1 is 1.21 bits per heavy atom. The molecule has 0 saturated carbocycles. The van der Waals surface area contributed by atoms with E-state index in [4.69, 9.17) is 9.84 Å². The first-order valence-corrected chi connectivity index (χ1v) is 11.2. The van der Waals surface area contributed by atoms with Gasteiger partial charge in [-0.05, 0) is 46.9 Å². The highest BCUT2D eigenvalue weighted by Crippen LogP contribution is 2.35. The highest BCUT2D eigenvalue weighted by molar-refractivity contribution is 5.70. The number of nitriles is 1. The molecule has 0 saturated heterocycles. The van der Waals surface area contributed by atoms with Crippen LogP contribution in [0.25, 0.3) is 0 Å². The summed E-state index contributed by atoms with van der Waals surface area (Å²) in [5.74, 6) is -0.559. The van der Waals surface area contributed by atoms with Gasteiger partial charge in [-0.3, -0.25) is 4.79 Å². The standard InChI is InChI=1S/C27H26FN3O3/c1-17(19-10-8-18(9-11-19)12-25(32)33)15-31-26(20-4-2-6-22(28)13-20)24-16-30-23-7-3-5-21(14-29)27(23)34-24/h2-11,13,17,24,26,30-31H,12,15-16H2,1H3,(H,32,33)/t17?,24-,26-/m1/s1. The summed E-state index contributed by atoms with van der Waals surface area (Å²) in [6, 6.07) is 21.2. The Hall–Kier alpha value is -3.89. The van der Waals surface area contributed by atoms with Crippen LogP contribution >= 0.6 is 0 Å². The number of nitrogens with one attached hydrogen (secondary N) is 2. The van der Waals surface area contributed by atoms with Crippen LogP contribution in [0.3, 0.4) is 0 Å². The van der Waals surface area contributed by atoms with Gasteiger partial charge in [0.25, 0.3) is 0 Å². The molecule has 0 fully saturated rings. The van der Waals surface area contributed by atoms with Gasteiger partial charge in [0.05, 0.1) is 30.3 Å². The van der Waals surface area contributed by atoms with E-state index in [2.05, 4.69) is 23.6 Å². The first-order chi connectivity index (χ1) is 16.4. The van der Waals surface area contributed by atoms with Gasteiger partial charge >= 0.3 is 5.97 Å². The van der Waals surface area contributed by atoms with Gasteiger partial charge in [0.15, 0.2) is 5.75 Å². The number of carbonyl (C=O) groups is 1. The van der Waals surface area contributed by atoms with Gasteiger partial charge < -0.3 is 20.5 Å². The number of aliphatic carboxylic acids is 1. The molecular weight excluding hydrogens is 433 g/mol. The number of hydrogen-bond acceptors (Lipinski definition) is 5. The van der Waals surface area contributed by atoms with Crippen molar-refractivity contribution in [1.82, 2.24) is 5.32 Å². The number of hydrogen-bond donors (Lipinski definition) is 3. The molecule has 0 bridgehead atoms. The minimum atomic E-state index is -0.859. The predicted molar refractivity (Wildman–Crippen MR) is 127 cm³/mol. The molecule has 1 heterocycles. The fraction of sp³-hybridized carbons (Fsp3) is 0.259. The molecule has 0 radical (unpaired) electrons. The second kappa shape index (κ2) is 10.4. The van der Waals surface area contributed by atoms with E-state index >= 15 is 0 Å². The quantitative estimate of drug-likeness (QED) is 0.455. The van der Waals surface area contributed by atoms with Crippen LogP contribution in [-0.2, 0) is 11.2 Å². The van der Waals surface area contributed by atoms with Crippen LogP contribution in [0, 0.1) is 17.1 Å². The topological polar surface area (TPSA) is 94.4 Å². The van der Waals surface area contributed by atoms with E-state index in [0.717, 1.165) is 22.4 Å². The minimum absolute atomic E-state index is 0.00721. The second-order valence-electron chi connectivity index (χ2n) is 8.49. The number of para-hydroxylation sites is 1. The molecule has 0 spiro atoms. The third kappa shape index (κ3) is 5.36. The van der Waals surface area contributed by atoms with Crippen LogP contribution in [0.5, 0.6) is 5.75 Å². The lowest BCUT2D eigenvalue weighted by atomic mass is 9.96.